The molecule has 0 radical (unpaired) electrons. The number of aliphatic hydroxyl groups is 2. The lowest BCUT2D eigenvalue weighted by atomic mass is 10.0. The average Bonchev–Trinajstić information content (AvgIpc) is 2.22. The molecule has 0 aromatic rings. The van der Waals surface area contributed by atoms with E-state index in [0.717, 1.165) is 25.7 Å². The molecule has 2 atom stereocenters. The molecule has 0 aliphatic carbocycles. The van der Waals surface area contributed by atoms with Gasteiger partial charge in [0.1, 0.15) is 6.10 Å². The smallest absolute Gasteiger partial charge is 0.238 e. The predicted octanol–water partition coefficient (Wildman–Crippen LogP) is 1.35. The quantitative estimate of drug-likeness (QED) is 0.348. The molecule has 0 amide bonds. The van der Waals surface area contributed by atoms with Gasteiger partial charge in [0.15, 0.2) is 0 Å². The molecule has 0 saturated heterocycles. The minimum absolute atomic E-state index is 0.177. The second-order valence-electron chi connectivity index (χ2n) is 3.75. The molecule has 0 fully saturated rings. The number of hydrogen-bond donors (Lipinski definition) is 2. The van der Waals surface area contributed by atoms with Crippen LogP contribution in [0.2, 0.25) is 0 Å². The van der Waals surface area contributed by atoms with E-state index in [1.54, 1.807) is 6.92 Å². The molecule has 0 bridgehead atoms. The van der Waals surface area contributed by atoms with Crippen LogP contribution in [0.15, 0.2) is 0 Å². The molecule has 15 heavy (non-hydrogen) atoms. The fraction of sp³-hybridized carbons (Fsp3) is 1.00. The first-order chi connectivity index (χ1) is 7.13. The highest BCUT2D eigenvalue weighted by molar-refractivity contribution is 4.66. The lowest BCUT2D eigenvalue weighted by Crippen LogP contribution is -2.33. The van der Waals surface area contributed by atoms with Crippen molar-refractivity contribution in [1.29, 1.82) is 0 Å². The van der Waals surface area contributed by atoms with Crippen molar-refractivity contribution in [3.8, 4) is 0 Å². The molecule has 5 heteroatoms. The van der Waals surface area contributed by atoms with Crippen LogP contribution < -0.4 is 0 Å². The average molecular weight is 219 g/mol. The van der Waals surface area contributed by atoms with Crippen molar-refractivity contribution in [2.45, 2.75) is 57.6 Å². The van der Waals surface area contributed by atoms with Crippen LogP contribution in [0.3, 0.4) is 0 Å². The molecule has 2 N–H and O–H groups in total. The van der Waals surface area contributed by atoms with E-state index in [-0.39, 0.29) is 11.5 Å². The Balaban J connectivity index is 3.72. The molecule has 0 aromatic carbocycles. The van der Waals surface area contributed by atoms with Gasteiger partial charge in [-0.1, -0.05) is 19.8 Å². The van der Waals surface area contributed by atoms with Crippen molar-refractivity contribution >= 4 is 0 Å². The maximum Gasteiger partial charge on any atom is 0.238 e. The van der Waals surface area contributed by atoms with Crippen LogP contribution in [0.5, 0.6) is 0 Å². The van der Waals surface area contributed by atoms with Gasteiger partial charge < -0.3 is 10.2 Å². The van der Waals surface area contributed by atoms with Crippen LogP contribution in [0.1, 0.15) is 45.4 Å². The Bertz CT molecular complexity index is 175. The number of nitrogens with zero attached hydrogens (tertiary/aromatic N) is 1. The Morgan fingerprint density at radius 1 is 1.27 bits per heavy atom. The number of hydrogen-bond acceptors (Lipinski definition) is 4. The van der Waals surface area contributed by atoms with E-state index >= 15 is 0 Å². The lowest BCUT2D eigenvalue weighted by Gasteiger charge is -2.13. The second-order valence-corrected chi connectivity index (χ2v) is 3.75. The Kier molecular flexibility index (Phi) is 8.22. The van der Waals surface area contributed by atoms with E-state index in [1.807, 2.05) is 0 Å². The predicted molar refractivity (Wildman–Crippen MR) is 57.3 cm³/mol. The van der Waals surface area contributed by atoms with Gasteiger partial charge in [0.2, 0.25) is 6.04 Å². The van der Waals surface area contributed by atoms with Gasteiger partial charge in [0.05, 0.1) is 0 Å². The van der Waals surface area contributed by atoms with Crippen LogP contribution in [-0.2, 0) is 0 Å². The third-order valence-electron chi connectivity index (χ3n) is 2.54. The maximum atomic E-state index is 10.6. The van der Waals surface area contributed by atoms with Crippen molar-refractivity contribution in [3.05, 3.63) is 10.1 Å². The van der Waals surface area contributed by atoms with E-state index < -0.39 is 12.1 Å². The van der Waals surface area contributed by atoms with Gasteiger partial charge in [0.25, 0.3) is 0 Å². The van der Waals surface area contributed by atoms with Gasteiger partial charge in [-0.15, -0.1) is 0 Å². The molecule has 0 aromatic heterocycles. The highest BCUT2D eigenvalue weighted by Crippen LogP contribution is 2.12. The molecule has 0 aliphatic rings. The first-order valence-electron chi connectivity index (χ1n) is 5.55. The summed E-state index contributed by atoms with van der Waals surface area (Å²) in [6.07, 6.45) is 3.26. The number of rotatable bonds is 9. The fourth-order valence-electron chi connectivity index (χ4n) is 1.53. The van der Waals surface area contributed by atoms with E-state index in [2.05, 4.69) is 0 Å². The third kappa shape index (κ3) is 6.41. The van der Waals surface area contributed by atoms with Crippen molar-refractivity contribution < 1.29 is 15.1 Å². The van der Waals surface area contributed by atoms with Crippen LogP contribution >= 0.6 is 0 Å². The summed E-state index contributed by atoms with van der Waals surface area (Å²) in [6, 6.07) is -0.830. The van der Waals surface area contributed by atoms with Gasteiger partial charge in [-0.2, -0.15) is 0 Å². The monoisotopic (exact) mass is 219 g/mol. The maximum absolute atomic E-state index is 10.6. The molecule has 90 valence electrons. The highest BCUT2D eigenvalue weighted by Gasteiger charge is 2.27. The summed E-state index contributed by atoms with van der Waals surface area (Å²) in [5, 5.41) is 28.6. The van der Waals surface area contributed by atoms with Gasteiger partial charge in [-0.3, -0.25) is 10.1 Å². The topological polar surface area (TPSA) is 83.6 Å². The van der Waals surface area contributed by atoms with Crippen LogP contribution in [0.25, 0.3) is 0 Å². The van der Waals surface area contributed by atoms with Crippen molar-refractivity contribution in [2.75, 3.05) is 6.61 Å². The Morgan fingerprint density at radius 2 is 1.87 bits per heavy atom. The largest absolute Gasteiger partial charge is 0.396 e. The molecule has 0 heterocycles. The van der Waals surface area contributed by atoms with Gasteiger partial charge in [-0.05, 0) is 19.3 Å². The Morgan fingerprint density at radius 3 is 2.33 bits per heavy atom. The molecule has 0 spiro atoms. The minimum atomic E-state index is -0.835. The third-order valence-corrected chi connectivity index (χ3v) is 2.54. The zero-order valence-electron chi connectivity index (χ0n) is 9.26. The first-order valence-corrected chi connectivity index (χ1v) is 5.55. The summed E-state index contributed by atoms with van der Waals surface area (Å²) in [7, 11) is 0. The minimum Gasteiger partial charge on any atom is -0.396 e. The summed E-state index contributed by atoms with van der Waals surface area (Å²) in [5.74, 6) is 0. The molecule has 0 unspecified atom stereocenters. The van der Waals surface area contributed by atoms with Crippen LogP contribution in [-0.4, -0.2) is 33.9 Å². The van der Waals surface area contributed by atoms with E-state index in [4.69, 9.17) is 5.11 Å². The van der Waals surface area contributed by atoms with E-state index in [1.165, 1.54) is 0 Å². The lowest BCUT2D eigenvalue weighted by molar-refractivity contribution is -0.535. The number of aliphatic hydroxyl groups excluding tert-OH is 2. The molecule has 0 aliphatic heterocycles. The normalized spacial score (nSPS) is 14.9. The molecule has 0 saturated carbocycles. The summed E-state index contributed by atoms with van der Waals surface area (Å²) in [5.41, 5.74) is 0. The van der Waals surface area contributed by atoms with Crippen molar-refractivity contribution in [2.24, 2.45) is 0 Å². The summed E-state index contributed by atoms with van der Waals surface area (Å²) in [4.78, 5) is 10.2. The Hall–Kier alpha value is -0.680. The number of unbranched alkanes of at least 4 members (excludes halogenated alkanes) is 3. The van der Waals surface area contributed by atoms with E-state index in [0.29, 0.717) is 12.8 Å². The summed E-state index contributed by atoms with van der Waals surface area (Å²) < 4.78 is 0. The van der Waals surface area contributed by atoms with Gasteiger partial charge in [0, 0.05) is 18.0 Å². The summed E-state index contributed by atoms with van der Waals surface area (Å²) >= 11 is 0. The van der Waals surface area contributed by atoms with E-state index in [9.17, 15) is 15.2 Å². The van der Waals surface area contributed by atoms with Gasteiger partial charge >= 0.3 is 0 Å². The molecular weight excluding hydrogens is 198 g/mol. The van der Waals surface area contributed by atoms with Crippen LogP contribution in [0.4, 0.5) is 0 Å². The van der Waals surface area contributed by atoms with Crippen LogP contribution in [0, 0.1) is 10.1 Å². The molecule has 5 nitrogen and oxygen atoms in total. The standard InChI is InChI=1S/C10H21NO4/c1-2-10(13)9(11(14)15)7-5-3-4-6-8-12/h9-10,12-13H,2-8H2,1H3/t9-,10-/m1/s1. The SMILES string of the molecule is CC[C@@H](O)[C@@H](CCCCCCO)[N+](=O)[O-]. The highest BCUT2D eigenvalue weighted by atomic mass is 16.6. The number of nitro groups is 1. The zero-order chi connectivity index (χ0) is 11.7. The zero-order valence-corrected chi connectivity index (χ0v) is 9.26. The Labute approximate surface area is 90.3 Å². The van der Waals surface area contributed by atoms with Gasteiger partial charge in [-0.25, -0.2) is 0 Å². The first kappa shape index (κ1) is 14.3. The summed E-state index contributed by atoms with van der Waals surface area (Å²) in [6.45, 7) is 1.92. The molecule has 0 rings (SSSR count). The van der Waals surface area contributed by atoms with Crippen molar-refractivity contribution in [1.82, 2.24) is 0 Å². The molecular formula is C10H21NO4. The fourth-order valence-corrected chi connectivity index (χ4v) is 1.53. The van der Waals surface area contributed by atoms with Crippen molar-refractivity contribution in [3.63, 3.8) is 0 Å². The second kappa shape index (κ2) is 8.61.